The second kappa shape index (κ2) is 4.55. The molecule has 0 amide bonds. The van der Waals surface area contributed by atoms with Gasteiger partial charge in [-0.3, -0.25) is 0 Å². The summed E-state index contributed by atoms with van der Waals surface area (Å²) in [6.45, 7) is 0. The maximum Gasteiger partial charge on any atom is 0.337 e. The Balaban J connectivity index is 1.81. The number of hydrogen-bond acceptors (Lipinski definition) is 5. The van der Waals surface area contributed by atoms with Crippen LogP contribution in [0.3, 0.4) is 0 Å². The SMILES string of the molecule is Nc1ccc(Nc2nc(C3CC3)cs2)cc1C(=O)O. The van der Waals surface area contributed by atoms with Gasteiger partial charge in [-0.2, -0.15) is 0 Å². The number of nitrogens with two attached hydrogens (primary N) is 1. The zero-order chi connectivity index (χ0) is 13.4. The van der Waals surface area contributed by atoms with Gasteiger partial charge in [0.1, 0.15) is 0 Å². The smallest absolute Gasteiger partial charge is 0.337 e. The van der Waals surface area contributed by atoms with Crippen LogP contribution < -0.4 is 11.1 Å². The van der Waals surface area contributed by atoms with E-state index in [2.05, 4.69) is 15.7 Å². The first-order chi connectivity index (χ1) is 9.13. The van der Waals surface area contributed by atoms with Crippen molar-refractivity contribution in [3.8, 4) is 0 Å². The molecule has 0 radical (unpaired) electrons. The minimum atomic E-state index is -1.03. The lowest BCUT2D eigenvalue weighted by molar-refractivity contribution is 0.0698. The van der Waals surface area contributed by atoms with E-state index < -0.39 is 5.97 Å². The number of anilines is 3. The van der Waals surface area contributed by atoms with E-state index >= 15 is 0 Å². The van der Waals surface area contributed by atoms with E-state index in [0.29, 0.717) is 11.6 Å². The van der Waals surface area contributed by atoms with E-state index in [1.165, 1.54) is 30.2 Å². The van der Waals surface area contributed by atoms with Crippen LogP contribution in [0.25, 0.3) is 0 Å². The van der Waals surface area contributed by atoms with Gasteiger partial charge in [0.2, 0.25) is 0 Å². The predicted octanol–water partition coefficient (Wildman–Crippen LogP) is 3.04. The third kappa shape index (κ3) is 2.53. The number of nitrogens with zero attached hydrogens (tertiary/aromatic N) is 1. The number of rotatable bonds is 4. The monoisotopic (exact) mass is 275 g/mol. The fraction of sp³-hybridized carbons (Fsp3) is 0.231. The molecular weight excluding hydrogens is 262 g/mol. The second-order valence-corrected chi connectivity index (χ2v) is 5.44. The lowest BCUT2D eigenvalue weighted by atomic mass is 10.1. The van der Waals surface area contributed by atoms with Crippen molar-refractivity contribution in [2.45, 2.75) is 18.8 Å². The van der Waals surface area contributed by atoms with Crippen molar-refractivity contribution in [1.82, 2.24) is 4.98 Å². The number of carboxylic acids is 1. The summed E-state index contributed by atoms with van der Waals surface area (Å²) in [5.74, 6) is -0.410. The summed E-state index contributed by atoms with van der Waals surface area (Å²) < 4.78 is 0. The van der Waals surface area contributed by atoms with Crippen LogP contribution in [0.2, 0.25) is 0 Å². The van der Waals surface area contributed by atoms with E-state index in [4.69, 9.17) is 10.8 Å². The number of hydrogen-bond donors (Lipinski definition) is 3. The molecule has 0 spiro atoms. The maximum atomic E-state index is 11.0. The molecule has 2 aromatic rings. The van der Waals surface area contributed by atoms with E-state index in [1.54, 1.807) is 12.1 Å². The van der Waals surface area contributed by atoms with E-state index in [9.17, 15) is 4.79 Å². The fourth-order valence-electron chi connectivity index (χ4n) is 1.85. The van der Waals surface area contributed by atoms with Crippen molar-refractivity contribution in [3.63, 3.8) is 0 Å². The minimum absolute atomic E-state index is 0.101. The maximum absolute atomic E-state index is 11.0. The molecule has 98 valence electrons. The number of carboxylic acid groups (broad SMARTS) is 1. The first kappa shape index (κ1) is 12.0. The Kier molecular flexibility index (Phi) is 2.87. The molecule has 3 rings (SSSR count). The molecule has 0 atom stereocenters. The van der Waals surface area contributed by atoms with Crippen molar-refractivity contribution in [3.05, 3.63) is 34.8 Å². The van der Waals surface area contributed by atoms with Crippen molar-refractivity contribution in [2.75, 3.05) is 11.1 Å². The zero-order valence-electron chi connectivity index (χ0n) is 10.1. The van der Waals surface area contributed by atoms with Crippen molar-refractivity contribution in [2.24, 2.45) is 0 Å². The van der Waals surface area contributed by atoms with Crippen LogP contribution in [0.4, 0.5) is 16.5 Å². The van der Waals surface area contributed by atoms with Gasteiger partial charge in [0.25, 0.3) is 0 Å². The van der Waals surface area contributed by atoms with E-state index in [1.807, 2.05) is 0 Å². The van der Waals surface area contributed by atoms with Gasteiger partial charge in [0.15, 0.2) is 5.13 Å². The molecule has 0 unspecified atom stereocenters. The van der Waals surface area contributed by atoms with Gasteiger partial charge in [0.05, 0.1) is 11.3 Å². The number of carbonyl (C=O) groups is 1. The zero-order valence-corrected chi connectivity index (χ0v) is 10.9. The second-order valence-electron chi connectivity index (χ2n) is 4.58. The first-order valence-electron chi connectivity index (χ1n) is 5.99. The molecule has 4 N–H and O–H groups in total. The van der Waals surface area contributed by atoms with Crippen molar-refractivity contribution >= 4 is 33.8 Å². The fourth-order valence-corrected chi connectivity index (χ4v) is 2.67. The van der Waals surface area contributed by atoms with Crippen LogP contribution in [0.5, 0.6) is 0 Å². The summed E-state index contributed by atoms with van der Waals surface area (Å²) in [6.07, 6.45) is 2.43. The molecule has 0 saturated heterocycles. The number of aromatic nitrogens is 1. The number of nitrogen functional groups attached to an aromatic ring is 1. The molecular formula is C13H13N3O2S. The molecule has 0 bridgehead atoms. The molecule has 1 aliphatic carbocycles. The highest BCUT2D eigenvalue weighted by Gasteiger charge is 2.26. The Bertz CT molecular complexity index is 635. The van der Waals surface area contributed by atoms with Crippen molar-refractivity contribution in [1.29, 1.82) is 0 Å². The largest absolute Gasteiger partial charge is 0.478 e. The average molecular weight is 275 g/mol. The molecule has 1 aromatic carbocycles. The van der Waals surface area contributed by atoms with Gasteiger partial charge >= 0.3 is 5.97 Å². The van der Waals surface area contributed by atoms with Crippen LogP contribution in [0.15, 0.2) is 23.6 Å². The summed E-state index contributed by atoms with van der Waals surface area (Å²) in [4.78, 5) is 15.5. The summed E-state index contributed by atoms with van der Waals surface area (Å²) in [7, 11) is 0. The lowest BCUT2D eigenvalue weighted by Gasteiger charge is -2.06. The molecule has 1 heterocycles. The minimum Gasteiger partial charge on any atom is -0.478 e. The highest BCUT2D eigenvalue weighted by atomic mass is 32.1. The lowest BCUT2D eigenvalue weighted by Crippen LogP contribution is -2.03. The summed E-state index contributed by atoms with van der Waals surface area (Å²) in [5, 5.41) is 15.0. The standard InChI is InChI=1S/C13H13N3O2S/c14-10-4-3-8(5-9(10)12(17)18)15-13-16-11(6-19-13)7-1-2-7/h3-7H,1-2,14H2,(H,15,16)(H,17,18). The molecule has 1 saturated carbocycles. The van der Waals surface area contributed by atoms with Crippen molar-refractivity contribution < 1.29 is 9.90 Å². The highest BCUT2D eigenvalue weighted by Crippen LogP contribution is 2.41. The molecule has 5 nitrogen and oxygen atoms in total. The third-order valence-corrected chi connectivity index (χ3v) is 3.83. The Morgan fingerprint density at radius 1 is 1.47 bits per heavy atom. The molecule has 1 aliphatic rings. The molecule has 1 fully saturated rings. The molecule has 6 heteroatoms. The number of nitrogens with one attached hydrogen (secondary N) is 1. The predicted molar refractivity (Wildman–Crippen MR) is 75.2 cm³/mol. The van der Waals surface area contributed by atoms with Crippen LogP contribution in [0, 0.1) is 0 Å². The average Bonchev–Trinajstić information content (AvgIpc) is 3.12. The number of benzene rings is 1. The topological polar surface area (TPSA) is 88.2 Å². The summed E-state index contributed by atoms with van der Waals surface area (Å²) in [6, 6.07) is 4.86. The first-order valence-corrected chi connectivity index (χ1v) is 6.86. The highest BCUT2D eigenvalue weighted by molar-refractivity contribution is 7.13. The Hall–Kier alpha value is -2.08. The van der Waals surface area contributed by atoms with Gasteiger partial charge in [-0.25, -0.2) is 9.78 Å². The van der Waals surface area contributed by atoms with Gasteiger partial charge in [0, 0.05) is 22.7 Å². The molecule has 1 aromatic heterocycles. The van der Waals surface area contributed by atoms with Crippen LogP contribution in [-0.4, -0.2) is 16.1 Å². The van der Waals surface area contributed by atoms with Gasteiger partial charge in [-0.1, -0.05) is 0 Å². The summed E-state index contributed by atoms with van der Waals surface area (Å²) in [5.41, 5.74) is 7.79. The molecule has 0 aliphatic heterocycles. The van der Waals surface area contributed by atoms with E-state index in [0.717, 1.165) is 10.8 Å². The Morgan fingerprint density at radius 3 is 2.95 bits per heavy atom. The summed E-state index contributed by atoms with van der Waals surface area (Å²) >= 11 is 1.53. The van der Waals surface area contributed by atoms with Gasteiger partial charge in [-0.15, -0.1) is 11.3 Å². The van der Waals surface area contributed by atoms with Crippen LogP contribution >= 0.6 is 11.3 Å². The van der Waals surface area contributed by atoms with Crippen LogP contribution in [0.1, 0.15) is 34.8 Å². The quantitative estimate of drug-likeness (QED) is 0.746. The Morgan fingerprint density at radius 2 is 2.26 bits per heavy atom. The van der Waals surface area contributed by atoms with E-state index in [-0.39, 0.29) is 11.3 Å². The number of thiazole rings is 1. The van der Waals surface area contributed by atoms with Gasteiger partial charge in [-0.05, 0) is 31.0 Å². The van der Waals surface area contributed by atoms with Crippen LogP contribution in [-0.2, 0) is 0 Å². The van der Waals surface area contributed by atoms with Gasteiger partial charge < -0.3 is 16.2 Å². The third-order valence-electron chi connectivity index (χ3n) is 3.05. The number of aromatic carboxylic acids is 1. The molecule has 19 heavy (non-hydrogen) atoms. The normalized spacial score (nSPS) is 14.3. The Labute approximate surface area is 114 Å².